The van der Waals surface area contributed by atoms with E-state index in [1.165, 1.54) is 5.38 Å². The maximum absolute atomic E-state index is 12.9. The zero-order chi connectivity index (χ0) is 20.9. The Hall–Kier alpha value is -3.13. The Morgan fingerprint density at radius 1 is 1.07 bits per heavy atom. The molecule has 0 bridgehead atoms. The molecular formula is C22H16F3N3OS. The molecule has 152 valence electrons. The number of anilines is 1. The van der Waals surface area contributed by atoms with Gasteiger partial charge in [0.25, 0.3) is 0 Å². The minimum atomic E-state index is -4.33. The molecule has 8 heteroatoms. The second-order valence-corrected chi connectivity index (χ2v) is 8.13. The number of halogens is 3. The van der Waals surface area contributed by atoms with Gasteiger partial charge < -0.3 is 5.32 Å². The molecule has 5 rings (SSSR count). The molecule has 3 heterocycles. The second kappa shape index (κ2) is 6.98. The van der Waals surface area contributed by atoms with E-state index >= 15 is 0 Å². The average molecular weight is 427 g/mol. The predicted molar refractivity (Wildman–Crippen MR) is 112 cm³/mol. The Bertz CT molecular complexity index is 1150. The number of nitrogens with one attached hydrogen (secondary N) is 1. The van der Waals surface area contributed by atoms with Crippen molar-refractivity contribution in [3.63, 3.8) is 0 Å². The number of nitrogens with zero attached hydrogens (tertiary/aromatic N) is 2. The number of alkyl halides is 3. The molecule has 1 saturated heterocycles. The summed E-state index contributed by atoms with van der Waals surface area (Å²) in [5.74, 6) is 0. The Morgan fingerprint density at radius 3 is 2.60 bits per heavy atom. The molecule has 2 aliphatic rings. The number of carbonyl (C=O) groups is 1. The molecule has 2 aromatic carbocycles. The maximum Gasteiger partial charge on any atom is 0.425 e. The number of aliphatic imine (C=N–C) groups is 1. The first-order valence-corrected chi connectivity index (χ1v) is 10.3. The summed E-state index contributed by atoms with van der Waals surface area (Å²) in [5, 5.41) is 4.39. The minimum Gasteiger partial charge on any atom is -0.335 e. The topological polar surface area (TPSA) is 44.7 Å². The van der Waals surface area contributed by atoms with Crippen molar-refractivity contribution in [2.24, 2.45) is 4.99 Å². The average Bonchev–Trinajstić information content (AvgIpc) is 3.46. The third kappa shape index (κ3) is 3.27. The molecule has 0 radical (unpaired) electrons. The zero-order valence-electron chi connectivity index (χ0n) is 15.6. The van der Waals surface area contributed by atoms with Gasteiger partial charge in [0.2, 0.25) is 0 Å². The molecule has 4 nitrogen and oxygen atoms in total. The van der Waals surface area contributed by atoms with Gasteiger partial charge in [0, 0.05) is 24.9 Å². The molecule has 2 amide bonds. The molecule has 1 atom stereocenters. The number of urea groups is 1. The summed E-state index contributed by atoms with van der Waals surface area (Å²) in [6, 6.07) is 13.9. The maximum atomic E-state index is 12.9. The number of hydrogen-bond donors (Lipinski definition) is 1. The molecule has 0 aliphatic carbocycles. The number of thiophene rings is 1. The van der Waals surface area contributed by atoms with Crippen LogP contribution in [0.1, 0.15) is 22.0 Å². The largest absolute Gasteiger partial charge is 0.425 e. The fourth-order valence-corrected chi connectivity index (χ4v) is 4.62. The molecule has 3 aromatic rings. The Labute approximate surface area is 174 Å². The lowest BCUT2D eigenvalue weighted by atomic mass is 10.0. The first-order chi connectivity index (χ1) is 14.4. The van der Waals surface area contributed by atoms with Gasteiger partial charge in [-0.15, -0.1) is 11.3 Å². The van der Waals surface area contributed by atoms with Gasteiger partial charge in [-0.05, 0) is 45.8 Å². The molecule has 0 spiro atoms. The summed E-state index contributed by atoms with van der Waals surface area (Å²) in [6.07, 6.45) is -1.69. The summed E-state index contributed by atoms with van der Waals surface area (Å²) in [4.78, 5) is 18.0. The lowest BCUT2D eigenvalue weighted by molar-refractivity contribution is -0.134. The summed E-state index contributed by atoms with van der Waals surface area (Å²) < 4.78 is 38.6. The van der Waals surface area contributed by atoms with Gasteiger partial charge in [-0.2, -0.15) is 13.2 Å². The van der Waals surface area contributed by atoms with E-state index in [4.69, 9.17) is 0 Å². The standard InChI is InChI=1S/C22H16F3N3OS/c23-22(24,25)20-9-16(12-30-20)13-1-3-15(4-2-13)19-11-27-21(29)28(19)17-6-5-14-7-8-26-18(14)10-17/h1-6,8-10,12,19H,7,11H2,(H,27,29)/t19-/m1/s1. The van der Waals surface area contributed by atoms with E-state index in [-0.39, 0.29) is 12.1 Å². The van der Waals surface area contributed by atoms with Crippen LogP contribution in [0.2, 0.25) is 0 Å². The second-order valence-electron chi connectivity index (χ2n) is 7.22. The third-order valence-electron chi connectivity index (χ3n) is 5.37. The molecule has 1 N–H and O–H groups in total. The van der Waals surface area contributed by atoms with Crippen molar-refractivity contribution >= 4 is 35.0 Å². The molecule has 1 fully saturated rings. The van der Waals surface area contributed by atoms with E-state index in [2.05, 4.69) is 10.3 Å². The highest BCUT2D eigenvalue weighted by molar-refractivity contribution is 7.10. The van der Waals surface area contributed by atoms with E-state index in [9.17, 15) is 18.0 Å². The monoisotopic (exact) mass is 427 g/mol. The summed E-state index contributed by atoms with van der Waals surface area (Å²) in [7, 11) is 0. The van der Waals surface area contributed by atoms with E-state index in [1.807, 2.05) is 36.5 Å². The lowest BCUT2D eigenvalue weighted by Gasteiger charge is -2.24. The van der Waals surface area contributed by atoms with Crippen LogP contribution < -0.4 is 10.2 Å². The third-order valence-corrected chi connectivity index (χ3v) is 6.35. The number of amides is 2. The van der Waals surface area contributed by atoms with Crippen LogP contribution in [-0.4, -0.2) is 18.8 Å². The SMILES string of the molecule is O=C1NC[C@H](c2ccc(-c3csc(C(F)(F)F)c3)cc2)N1c1ccc2c(c1)N=CC2. The summed E-state index contributed by atoms with van der Waals surface area (Å²) in [6.45, 7) is 0.454. The van der Waals surface area contributed by atoms with Crippen molar-refractivity contribution in [2.45, 2.75) is 18.6 Å². The quantitative estimate of drug-likeness (QED) is 0.551. The fourth-order valence-electron chi connectivity index (χ4n) is 3.84. The summed E-state index contributed by atoms with van der Waals surface area (Å²) >= 11 is 0.689. The van der Waals surface area contributed by atoms with Crippen LogP contribution in [0.3, 0.4) is 0 Å². The number of carbonyl (C=O) groups excluding carboxylic acids is 1. The van der Waals surface area contributed by atoms with Gasteiger partial charge in [-0.1, -0.05) is 30.3 Å². The van der Waals surface area contributed by atoms with Gasteiger partial charge in [0.1, 0.15) is 4.88 Å². The van der Waals surface area contributed by atoms with E-state index in [1.54, 1.807) is 17.0 Å². The molecule has 1 aromatic heterocycles. The van der Waals surface area contributed by atoms with Crippen LogP contribution in [0, 0.1) is 0 Å². The van der Waals surface area contributed by atoms with Crippen molar-refractivity contribution in [3.05, 3.63) is 69.9 Å². The Kier molecular flexibility index (Phi) is 4.39. The highest BCUT2D eigenvalue weighted by Crippen LogP contribution is 2.38. The molecule has 0 unspecified atom stereocenters. The number of hydrogen-bond acceptors (Lipinski definition) is 3. The number of fused-ring (bicyclic) bond motifs is 1. The zero-order valence-corrected chi connectivity index (χ0v) is 16.4. The van der Waals surface area contributed by atoms with Crippen molar-refractivity contribution in [3.8, 4) is 11.1 Å². The van der Waals surface area contributed by atoms with Crippen molar-refractivity contribution < 1.29 is 18.0 Å². The van der Waals surface area contributed by atoms with Crippen LogP contribution >= 0.6 is 11.3 Å². The van der Waals surface area contributed by atoms with Crippen LogP contribution in [0.5, 0.6) is 0 Å². The first-order valence-electron chi connectivity index (χ1n) is 9.39. The highest BCUT2D eigenvalue weighted by Gasteiger charge is 2.34. The van der Waals surface area contributed by atoms with Crippen LogP contribution in [0.15, 0.2) is 58.9 Å². The molecule has 30 heavy (non-hydrogen) atoms. The Morgan fingerprint density at radius 2 is 1.87 bits per heavy atom. The van der Waals surface area contributed by atoms with Crippen molar-refractivity contribution in [1.29, 1.82) is 0 Å². The minimum absolute atomic E-state index is 0.182. The molecule has 0 saturated carbocycles. The van der Waals surface area contributed by atoms with Gasteiger partial charge in [0.05, 0.1) is 11.7 Å². The smallest absolute Gasteiger partial charge is 0.335 e. The van der Waals surface area contributed by atoms with Crippen LogP contribution in [0.4, 0.5) is 29.3 Å². The number of rotatable bonds is 3. The van der Waals surface area contributed by atoms with E-state index < -0.39 is 11.1 Å². The van der Waals surface area contributed by atoms with E-state index in [0.29, 0.717) is 29.0 Å². The summed E-state index contributed by atoms with van der Waals surface area (Å²) in [5.41, 5.74) is 4.93. The predicted octanol–water partition coefficient (Wildman–Crippen LogP) is 5.96. The fraction of sp³-hybridized carbons (Fsp3) is 0.182. The Balaban J connectivity index is 1.42. The van der Waals surface area contributed by atoms with Gasteiger partial charge in [-0.3, -0.25) is 9.89 Å². The van der Waals surface area contributed by atoms with Crippen LogP contribution in [-0.2, 0) is 12.6 Å². The van der Waals surface area contributed by atoms with Gasteiger partial charge in [-0.25, -0.2) is 4.79 Å². The lowest BCUT2D eigenvalue weighted by Crippen LogP contribution is -2.29. The van der Waals surface area contributed by atoms with Gasteiger partial charge >= 0.3 is 12.2 Å². The van der Waals surface area contributed by atoms with E-state index in [0.717, 1.165) is 35.0 Å². The van der Waals surface area contributed by atoms with Crippen molar-refractivity contribution in [2.75, 3.05) is 11.4 Å². The highest BCUT2D eigenvalue weighted by atomic mass is 32.1. The van der Waals surface area contributed by atoms with Gasteiger partial charge in [0.15, 0.2) is 0 Å². The molecule has 2 aliphatic heterocycles. The normalized spacial score (nSPS) is 18.0. The first kappa shape index (κ1) is 18.9. The van der Waals surface area contributed by atoms with Crippen LogP contribution in [0.25, 0.3) is 11.1 Å². The van der Waals surface area contributed by atoms with Crippen molar-refractivity contribution in [1.82, 2.24) is 5.32 Å². The molecular weight excluding hydrogens is 411 g/mol. The number of benzene rings is 2.